The van der Waals surface area contributed by atoms with Gasteiger partial charge < -0.3 is 19.7 Å². The first-order valence-corrected chi connectivity index (χ1v) is 7.29. The zero-order valence-corrected chi connectivity index (χ0v) is 12.2. The van der Waals surface area contributed by atoms with Gasteiger partial charge in [0.2, 0.25) is 0 Å². The quantitative estimate of drug-likeness (QED) is 0.846. The number of aromatic nitrogens is 1. The second kappa shape index (κ2) is 6.08. The van der Waals surface area contributed by atoms with Crippen molar-refractivity contribution in [1.29, 1.82) is 0 Å². The molecule has 5 heteroatoms. The first kappa shape index (κ1) is 13.8. The third-order valence-electron chi connectivity index (χ3n) is 4.13. The molecule has 110 valence electrons. The summed E-state index contributed by atoms with van der Waals surface area (Å²) in [7, 11) is 3.47. The van der Waals surface area contributed by atoms with Crippen LogP contribution in [0.2, 0.25) is 0 Å². The van der Waals surface area contributed by atoms with Crippen LogP contribution in [0.15, 0.2) is 18.3 Å². The lowest BCUT2D eigenvalue weighted by Crippen LogP contribution is -2.27. The molecular weight excluding hydrogens is 254 g/mol. The number of methoxy groups -OCH3 is 2. The summed E-state index contributed by atoms with van der Waals surface area (Å²) in [4.78, 5) is 6.79. The molecule has 1 saturated carbocycles. The number of hydrogen-bond acceptors (Lipinski definition) is 5. The van der Waals surface area contributed by atoms with Gasteiger partial charge in [-0.2, -0.15) is 0 Å². The molecular formula is C15H23N3O2. The Hall–Kier alpha value is -1.17. The molecule has 0 amide bonds. The molecule has 2 heterocycles. The lowest BCUT2D eigenvalue weighted by molar-refractivity contribution is -0.00461. The maximum Gasteiger partial charge on any atom is 0.128 e. The van der Waals surface area contributed by atoms with Gasteiger partial charge in [-0.15, -0.1) is 0 Å². The fraction of sp³-hybridized carbons (Fsp3) is 0.667. The van der Waals surface area contributed by atoms with Crippen LogP contribution < -0.4 is 10.2 Å². The average Bonchev–Trinajstić information content (AvgIpc) is 3.23. The van der Waals surface area contributed by atoms with Crippen molar-refractivity contribution in [2.75, 3.05) is 32.2 Å². The molecule has 2 unspecified atom stereocenters. The van der Waals surface area contributed by atoms with Gasteiger partial charge in [0.15, 0.2) is 0 Å². The second-order valence-corrected chi connectivity index (χ2v) is 5.63. The lowest BCUT2D eigenvalue weighted by atomic mass is 10.2. The van der Waals surface area contributed by atoms with Crippen molar-refractivity contribution in [3.8, 4) is 0 Å². The second-order valence-electron chi connectivity index (χ2n) is 5.63. The van der Waals surface area contributed by atoms with Gasteiger partial charge in [-0.05, 0) is 24.5 Å². The number of rotatable bonds is 6. The highest BCUT2D eigenvalue weighted by Gasteiger charge is 2.33. The SMILES string of the molecule is COC1CN(c2ccc(CNC3CC3)cn2)CC1OC. The molecule has 1 aliphatic heterocycles. The zero-order valence-electron chi connectivity index (χ0n) is 12.2. The van der Waals surface area contributed by atoms with Crippen molar-refractivity contribution >= 4 is 5.82 Å². The van der Waals surface area contributed by atoms with E-state index in [4.69, 9.17) is 9.47 Å². The molecule has 3 rings (SSSR count). The summed E-state index contributed by atoms with van der Waals surface area (Å²) in [5.74, 6) is 1.00. The number of hydrogen-bond donors (Lipinski definition) is 1. The first-order chi connectivity index (χ1) is 9.80. The van der Waals surface area contributed by atoms with Gasteiger partial charge in [0, 0.05) is 46.1 Å². The molecule has 1 aromatic heterocycles. The van der Waals surface area contributed by atoms with Gasteiger partial charge in [0.1, 0.15) is 18.0 Å². The Morgan fingerprint density at radius 1 is 1.20 bits per heavy atom. The smallest absolute Gasteiger partial charge is 0.128 e. The van der Waals surface area contributed by atoms with Crippen LogP contribution in [0.25, 0.3) is 0 Å². The standard InChI is InChI=1S/C15H23N3O2/c1-19-13-9-18(10-14(13)20-2)15-6-3-11(8-17-15)7-16-12-4-5-12/h3,6,8,12-14,16H,4-5,7,9-10H2,1-2H3. The normalized spacial score (nSPS) is 26.2. The number of ether oxygens (including phenoxy) is 2. The molecule has 2 fully saturated rings. The monoisotopic (exact) mass is 277 g/mol. The van der Waals surface area contributed by atoms with Crippen LogP contribution in [-0.2, 0) is 16.0 Å². The van der Waals surface area contributed by atoms with Crippen molar-refractivity contribution in [3.63, 3.8) is 0 Å². The summed E-state index contributed by atoms with van der Waals surface area (Å²) in [6, 6.07) is 4.98. The summed E-state index contributed by atoms with van der Waals surface area (Å²) >= 11 is 0. The van der Waals surface area contributed by atoms with Crippen LogP contribution in [0.4, 0.5) is 5.82 Å². The van der Waals surface area contributed by atoms with Crippen LogP contribution >= 0.6 is 0 Å². The first-order valence-electron chi connectivity index (χ1n) is 7.29. The largest absolute Gasteiger partial charge is 0.377 e. The number of pyridine rings is 1. The fourth-order valence-electron chi connectivity index (χ4n) is 2.64. The Morgan fingerprint density at radius 3 is 2.40 bits per heavy atom. The van der Waals surface area contributed by atoms with E-state index in [0.29, 0.717) is 0 Å². The minimum Gasteiger partial charge on any atom is -0.377 e. The van der Waals surface area contributed by atoms with E-state index in [1.807, 2.05) is 6.20 Å². The molecule has 1 aromatic rings. The maximum atomic E-state index is 5.46. The minimum absolute atomic E-state index is 0.123. The summed E-state index contributed by atoms with van der Waals surface area (Å²) in [5, 5.41) is 3.50. The van der Waals surface area contributed by atoms with Gasteiger partial charge in [-0.1, -0.05) is 6.07 Å². The summed E-state index contributed by atoms with van der Waals surface area (Å²) in [6.45, 7) is 2.59. The van der Waals surface area contributed by atoms with Gasteiger partial charge in [-0.25, -0.2) is 4.98 Å². The Kier molecular flexibility index (Phi) is 4.19. The van der Waals surface area contributed by atoms with Gasteiger partial charge in [-0.3, -0.25) is 0 Å². The summed E-state index contributed by atoms with van der Waals surface area (Å²) < 4.78 is 10.9. The van der Waals surface area contributed by atoms with Crippen molar-refractivity contribution in [2.45, 2.75) is 37.6 Å². The minimum atomic E-state index is 0.123. The van der Waals surface area contributed by atoms with Crippen molar-refractivity contribution in [2.24, 2.45) is 0 Å². The van der Waals surface area contributed by atoms with E-state index in [9.17, 15) is 0 Å². The van der Waals surface area contributed by atoms with Gasteiger partial charge in [0.05, 0.1) is 0 Å². The van der Waals surface area contributed by atoms with E-state index < -0.39 is 0 Å². The van der Waals surface area contributed by atoms with Crippen LogP contribution in [0, 0.1) is 0 Å². The zero-order chi connectivity index (χ0) is 13.9. The molecule has 0 aromatic carbocycles. The molecule has 2 aliphatic rings. The molecule has 20 heavy (non-hydrogen) atoms. The maximum absolute atomic E-state index is 5.46. The van der Waals surface area contributed by atoms with Crippen LogP contribution in [0.5, 0.6) is 0 Å². The van der Waals surface area contributed by atoms with Crippen LogP contribution in [0.1, 0.15) is 18.4 Å². The molecule has 0 spiro atoms. The van der Waals surface area contributed by atoms with Crippen molar-refractivity contribution < 1.29 is 9.47 Å². The highest BCUT2D eigenvalue weighted by Crippen LogP contribution is 2.22. The molecule has 1 saturated heterocycles. The fourth-order valence-corrected chi connectivity index (χ4v) is 2.64. The van der Waals surface area contributed by atoms with E-state index in [1.165, 1.54) is 18.4 Å². The molecule has 0 radical (unpaired) electrons. The molecule has 1 aliphatic carbocycles. The summed E-state index contributed by atoms with van der Waals surface area (Å²) in [5.41, 5.74) is 1.24. The topological polar surface area (TPSA) is 46.6 Å². The highest BCUT2D eigenvalue weighted by molar-refractivity contribution is 5.41. The predicted octanol–water partition coefficient (Wildman–Crippen LogP) is 1.18. The predicted molar refractivity (Wildman–Crippen MR) is 77.9 cm³/mol. The number of nitrogens with zero attached hydrogens (tertiary/aromatic N) is 2. The third-order valence-corrected chi connectivity index (χ3v) is 4.13. The molecule has 1 N–H and O–H groups in total. The van der Waals surface area contributed by atoms with E-state index in [1.54, 1.807) is 14.2 Å². The lowest BCUT2D eigenvalue weighted by Gasteiger charge is -2.17. The van der Waals surface area contributed by atoms with Gasteiger partial charge >= 0.3 is 0 Å². The van der Waals surface area contributed by atoms with Crippen LogP contribution in [0.3, 0.4) is 0 Å². The molecule has 0 bridgehead atoms. The van der Waals surface area contributed by atoms with Crippen molar-refractivity contribution in [1.82, 2.24) is 10.3 Å². The highest BCUT2D eigenvalue weighted by atomic mass is 16.5. The Morgan fingerprint density at radius 2 is 1.90 bits per heavy atom. The van der Waals surface area contributed by atoms with E-state index in [2.05, 4.69) is 27.3 Å². The number of nitrogens with one attached hydrogen (secondary N) is 1. The van der Waals surface area contributed by atoms with Crippen LogP contribution in [-0.4, -0.2) is 50.5 Å². The molecule has 5 nitrogen and oxygen atoms in total. The van der Waals surface area contributed by atoms with Gasteiger partial charge in [0.25, 0.3) is 0 Å². The van der Waals surface area contributed by atoms with E-state index >= 15 is 0 Å². The molecule has 2 atom stereocenters. The average molecular weight is 277 g/mol. The summed E-state index contributed by atoms with van der Waals surface area (Å²) in [6.07, 6.45) is 4.84. The number of anilines is 1. The Bertz CT molecular complexity index is 421. The third kappa shape index (κ3) is 3.11. The van der Waals surface area contributed by atoms with E-state index in [-0.39, 0.29) is 12.2 Å². The Balaban J connectivity index is 1.59. The Labute approximate surface area is 120 Å². The van der Waals surface area contributed by atoms with E-state index in [0.717, 1.165) is 31.5 Å². The van der Waals surface area contributed by atoms with Crippen molar-refractivity contribution in [3.05, 3.63) is 23.9 Å².